The van der Waals surface area contributed by atoms with E-state index in [9.17, 15) is 4.79 Å². The number of hydrogen-bond acceptors (Lipinski definition) is 6. The van der Waals surface area contributed by atoms with Gasteiger partial charge in [0.25, 0.3) is 5.56 Å². The van der Waals surface area contributed by atoms with E-state index in [2.05, 4.69) is 55.4 Å². The summed E-state index contributed by atoms with van der Waals surface area (Å²) in [6.07, 6.45) is 19.6. The topological polar surface area (TPSA) is 89.7 Å². The van der Waals surface area contributed by atoms with Gasteiger partial charge >= 0.3 is 0 Å². The molecule has 0 saturated carbocycles. The van der Waals surface area contributed by atoms with Crippen LogP contribution in [0, 0.1) is 12.3 Å². The van der Waals surface area contributed by atoms with E-state index in [0.717, 1.165) is 50.2 Å². The maximum absolute atomic E-state index is 13.3. The highest BCUT2D eigenvalue weighted by molar-refractivity contribution is 5.78. The largest absolute Gasteiger partial charge is 0.324 e. The number of nitrogens with zero attached hydrogens (tertiary/aromatic N) is 5. The van der Waals surface area contributed by atoms with Crippen LogP contribution in [0.2, 0.25) is 0 Å². The van der Waals surface area contributed by atoms with Gasteiger partial charge in [0.2, 0.25) is 5.95 Å². The quantitative estimate of drug-likeness (QED) is 0.395. The molecule has 0 saturated heterocycles. The number of aromatic nitrogens is 5. The number of benzene rings is 1. The minimum absolute atomic E-state index is 0.257. The molecule has 8 nitrogen and oxygen atoms in total. The molecule has 4 aromatic rings. The van der Waals surface area contributed by atoms with Gasteiger partial charge in [-0.05, 0) is 61.6 Å². The van der Waals surface area contributed by atoms with Crippen LogP contribution in [0.4, 0.5) is 11.6 Å². The lowest BCUT2D eigenvalue weighted by atomic mass is 10.0. The molecular weight excluding hydrogens is 462 g/mol. The van der Waals surface area contributed by atoms with Gasteiger partial charge in [-0.1, -0.05) is 30.2 Å². The molecule has 0 spiro atoms. The number of pyridine rings is 1. The number of hydrogen-bond donors (Lipinski definition) is 2. The lowest BCUT2D eigenvalue weighted by Gasteiger charge is -2.15. The monoisotopic (exact) mass is 489 g/mol. The van der Waals surface area contributed by atoms with Crippen LogP contribution in [0.15, 0.2) is 66.0 Å². The number of imidazole rings is 1. The summed E-state index contributed by atoms with van der Waals surface area (Å²) in [6, 6.07) is 9.93. The van der Waals surface area contributed by atoms with Crippen LogP contribution in [0.1, 0.15) is 42.5 Å². The highest BCUT2D eigenvalue weighted by atomic mass is 16.1. The van der Waals surface area contributed by atoms with E-state index in [1.54, 1.807) is 29.4 Å². The predicted octanol–water partition coefficient (Wildman–Crippen LogP) is 4.16. The first-order chi connectivity index (χ1) is 18.2. The number of terminal acetylenes is 1. The standard InChI is InChI=1S/C29H27N7O/c1-2-20-15-23-16-32-29(33-24-9-7-21(8-10-24)22-11-13-30-14-12-22)34-27(23)35(28(20)37)18-26-17-31-19-36(26)25-5-3-4-6-25/h1,5,7-11,15-17,19,30H,3-4,6,12-14,18H2,(H,32,33,34). The molecular formula is C29H27N7O. The Morgan fingerprint density at radius 2 is 2.03 bits per heavy atom. The summed E-state index contributed by atoms with van der Waals surface area (Å²) in [5.41, 5.74) is 6.10. The molecule has 2 N–H and O–H groups in total. The van der Waals surface area contributed by atoms with Gasteiger partial charge < -0.3 is 15.2 Å². The van der Waals surface area contributed by atoms with Crippen LogP contribution < -0.4 is 16.2 Å². The number of fused-ring (bicyclic) bond motifs is 1. The maximum Gasteiger partial charge on any atom is 0.268 e. The van der Waals surface area contributed by atoms with Gasteiger partial charge in [0.15, 0.2) is 0 Å². The Balaban J connectivity index is 1.34. The van der Waals surface area contributed by atoms with Crippen LogP contribution in [-0.2, 0) is 6.54 Å². The fourth-order valence-electron chi connectivity index (χ4n) is 4.98. The van der Waals surface area contributed by atoms with E-state index in [-0.39, 0.29) is 11.1 Å². The Bertz CT molecular complexity index is 1630. The maximum atomic E-state index is 13.3. The smallest absolute Gasteiger partial charge is 0.268 e. The number of anilines is 2. The third-order valence-corrected chi connectivity index (χ3v) is 6.92. The molecule has 3 aromatic heterocycles. The van der Waals surface area contributed by atoms with Crippen LogP contribution in [0.25, 0.3) is 22.3 Å². The van der Waals surface area contributed by atoms with Crippen molar-refractivity contribution in [2.45, 2.75) is 32.2 Å². The predicted molar refractivity (Wildman–Crippen MR) is 146 cm³/mol. The number of nitrogens with one attached hydrogen (secondary N) is 2. The molecule has 0 atom stereocenters. The second kappa shape index (κ2) is 9.88. The minimum atomic E-state index is -0.257. The lowest BCUT2D eigenvalue weighted by Crippen LogP contribution is -2.25. The second-order valence-corrected chi connectivity index (χ2v) is 9.29. The normalized spacial score (nSPS) is 15.3. The van der Waals surface area contributed by atoms with Crippen molar-refractivity contribution in [1.82, 2.24) is 29.4 Å². The van der Waals surface area contributed by atoms with E-state index in [1.807, 2.05) is 12.1 Å². The molecule has 1 aliphatic carbocycles. The van der Waals surface area contributed by atoms with Crippen molar-refractivity contribution in [3.05, 3.63) is 88.4 Å². The molecule has 1 aliphatic heterocycles. The van der Waals surface area contributed by atoms with Gasteiger partial charge in [-0.3, -0.25) is 9.36 Å². The fourth-order valence-corrected chi connectivity index (χ4v) is 4.98. The van der Waals surface area contributed by atoms with Gasteiger partial charge in [-0.2, -0.15) is 4.98 Å². The summed E-state index contributed by atoms with van der Waals surface area (Å²) in [5, 5.41) is 7.33. The average Bonchev–Trinajstić information content (AvgIpc) is 3.63. The minimum Gasteiger partial charge on any atom is -0.324 e. The third-order valence-electron chi connectivity index (χ3n) is 6.92. The average molecular weight is 490 g/mol. The number of allylic oxidation sites excluding steroid dienone is 2. The Hall–Kier alpha value is -4.48. The molecule has 0 amide bonds. The summed E-state index contributed by atoms with van der Waals surface area (Å²) in [6.45, 7) is 2.21. The molecule has 184 valence electrons. The van der Waals surface area contributed by atoms with Crippen molar-refractivity contribution < 1.29 is 0 Å². The molecule has 1 aromatic carbocycles. The molecule has 0 bridgehead atoms. The van der Waals surface area contributed by atoms with E-state index < -0.39 is 0 Å². The molecule has 0 fully saturated rings. The molecule has 6 rings (SSSR count). The summed E-state index contributed by atoms with van der Waals surface area (Å²) < 4.78 is 3.68. The molecule has 0 unspecified atom stereocenters. The molecule has 8 heteroatoms. The summed E-state index contributed by atoms with van der Waals surface area (Å²) in [4.78, 5) is 26.9. The van der Waals surface area contributed by atoms with Crippen molar-refractivity contribution in [3.63, 3.8) is 0 Å². The molecule has 37 heavy (non-hydrogen) atoms. The SMILES string of the molecule is C#Cc1cc2cnc(Nc3ccc(C4=CCNCC4)cc3)nc2n(Cc2cncn2C2=CCCC2)c1=O. The van der Waals surface area contributed by atoms with Crippen molar-refractivity contribution >= 4 is 33.9 Å². The Labute approximate surface area is 214 Å². The first-order valence-electron chi connectivity index (χ1n) is 12.5. The summed E-state index contributed by atoms with van der Waals surface area (Å²) >= 11 is 0. The van der Waals surface area contributed by atoms with E-state index >= 15 is 0 Å². The van der Waals surface area contributed by atoms with Gasteiger partial charge in [0.1, 0.15) is 5.65 Å². The highest BCUT2D eigenvalue weighted by Gasteiger charge is 2.16. The summed E-state index contributed by atoms with van der Waals surface area (Å²) in [7, 11) is 0. The lowest BCUT2D eigenvalue weighted by molar-refractivity contribution is 0.738. The van der Waals surface area contributed by atoms with Gasteiger partial charge in [-0.15, -0.1) is 6.42 Å². The van der Waals surface area contributed by atoms with Gasteiger partial charge in [0.05, 0.1) is 30.3 Å². The van der Waals surface area contributed by atoms with Crippen LogP contribution in [0.3, 0.4) is 0 Å². The van der Waals surface area contributed by atoms with E-state index in [1.165, 1.54) is 16.8 Å². The van der Waals surface area contributed by atoms with Gasteiger partial charge in [-0.25, -0.2) is 9.97 Å². The molecule has 4 heterocycles. The Kier molecular flexibility index (Phi) is 6.13. The van der Waals surface area contributed by atoms with E-state index in [0.29, 0.717) is 23.5 Å². The fraction of sp³-hybridized carbons (Fsp3) is 0.241. The third kappa shape index (κ3) is 4.57. The van der Waals surface area contributed by atoms with Crippen LogP contribution in [0.5, 0.6) is 0 Å². The Morgan fingerprint density at radius 3 is 2.78 bits per heavy atom. The second-order valence-electron chi connectivity index (χ2n) is 9.29. The van der Waals surface area contributed by atoms with Crippen molar-refractivity contribution in [1.29, 1.82) is 0 Å². The van der Waals surface area contributed by atoms with Crippen LogP contribution in [-0.4, -0.2) is 37.2 Å². The molecule has 2 aliphatic rings. The van der Waals surface area contributed by atoms with E-state index in [4.69, 9.17) is 11.4 Å². The van der Waals surface area contributed by atoms with Crippen molar-refractivity contribution in [3.8, 4) is 12.3 Å². The number of rotatable bonds is 6. The zero-order chi connectivity index (χ0) is 25.2. The van der Waals surface area contributed by atoms with Crippen molar-refractivity contribution in [2.75, 3.05) is 18.4 Å². The Morgan fingerprint density at radius 1 is 1.14 bits per heavy atom. The van der Waals surface area contributed by atoms with Crippen LogP contribution >= 0.6 is 0 Å². The first kappa shape index (κ1) is 23.0. The zero-order valence-corrected chi connectivity index (χ0v) is 20.4. The van der Waals surface area contributed by atoms with Gasteiger partial charge in [0, 0.05) is 29.5 Å². The first-order valence-corrected chi connectivity index (χ1v) is 12.5. The molecule has 0 radical (unpaired) electrons. The highest BCUT2D eigenvalue weighted by Crippen LogP contribution is 2.25. The van der Waals surface area contributed by atoms with Crippen molar-refractivity contribution in [2.24, 2.45) is 0 Å². The summed E-state index contributed by atoms with van der Waals surface area (Å²) in [5.74, 6) is 2.93. The zero-order valence-electron chi connectivity index (χ0n) is 20.4.